The summed E-state index contributed by atoms with van der Waals surface area (Å²) >= 11 is 3.09. The summed E-state index contributed by atoms with van der Waals surface area (Å²) in [7, 11) is 0. The first-order valence-corrected chi connectivity index (χ1v) is 13.8. The van der Waals surface area contributed by atoms with Crippen LogP contribution in [0.4, 0.5) is 18.3 Å². The van der Waals surface area contributed by atoms with E-state index in [0.717, 1.165) is 41.4 Å². The van der Waals surface area contributed by atoms with Gasteiger partial charge in [0, 0.05) is 48.4 Å². The Hall–Kier alpha value is -1.52. The summed E-state index contributed by atoms with van der Waals surface area (Å²) in [5, 5.41) is 1.67. The summed E-state index contributed by atoms with van der Waals surface area (Å²) in [5.41, 5.74) is -0.196. The average molecular weight is 513 g/mol. The fourth-order valence-corrected chi connectivity index (χ4v) is 7.17. The van der Waals surface area contributed by atoms with E-state index in [1.54, 1.807) is 22.4 Å². The van der Waals surface area contributed by atoms with Crippen LogP contribution >= 0.6 is 22.7 Å². The number of carbonyl (C=O) groups is 1. The fourth-order valence-electron chi connectivity index (χ4n) is 5.30. The lowest BCUT2D eigenvalue weighted by atomic mass is 9.76. The molecule has 0 aromatic carbocycles. The Kier molecular flexibility index (Phi) is 6.76. The average Bonchev–Trinajstić information content (AvgIpc) is 3.37. The lowest BCUT2D eigenvalue weighted by Gasteiger charge is -2.38. The molecule has 4 heterocycles. The molecule has 1 saturated heterocycles. The molecule has 5 nitrogen and oxygen atoms in total. The van der Waals surface area contributed by atoms with Gasteiger partial charge in [-0.3, -0.25) is 9.69 Å². The van der Waals surface area contributed by atoms with Crippen LogP contribution in [0.5, 0.6) is 0 Å². The standard InChI is InChI=1S/C24H31F3N4OS2/c1-16-28-12-19(33-16)11-18(32)10-17-2-5-23(25,6-3-17)7-9-30-8-4-21-20(13-30)29-22(34-21)31-14-24(26,27)15-31/h12,17H,2-11,13-15H2,1H3. The van der Waals surface area contributed by atoms with Crippen LogP contribution < -0.4 is 4.90 Å². The Balaban J connectivity index is 1.05. The van der Waals surface area contributed by atoms with Gasteiger partial charge in [-0.05, 0) is 51.4 Å². The van der Waals surface area contributed by atoms with Gasteiger partial charge in [0.15, 0.2) is 5.13 Å². The Bertz CT molecular complexity index is 1020. The lowest BCUT2D eigenvalue weighted by molar-refractivity contribution is -0.119. The number of aryl methyl sites for hydroxylation is 1. The van der Waals surface area contributed by atoms with Gasteiger partial charge in [-0.25, -0.2) is 23.1 Å². The van der Waals surface area contributed by atoms with E-state index >= 15 is 4.39 Å². The van der Waals surface area contributed by atoms with Crippen LogP contribution in [0.25, 0.3) is 0 Å². The summed E-state index contributed by atoms with van der Waals surface area (Å²) in [6.07, 6.45) is 6.69. The van der Waals surface area contributed by atoms with Crippen molar-refractivity contribution in [2.75, 3.05) is 31.1 Å². The molecule has 186 valence electrons. The van der Waals surface area contributed by atoms with Crippen LogP contribution in [0.1, 0.15) is 59.0 Å². The number of hydrogen-bond donors (Lipinski definition) is 0. The molecule has 1 aliphatic carbocycles. The van der Waals surface area contributed by atoms with Crippen LogP contribution in [-0.4, -0.2) is 58.4 Å². The van der Waals surface area contributed by atoms with E-state index in [1.807, 2.05) is 6.92 Å². The molecule has 2 aromatic rings. The molecule has 0 unspecified atom stereocenters. The van der Waals surface area contributed by atoms with Gasteiger partial charge in [0.1, 0.15) is 11.5 Å². The molecule has 5 rings (SSSR count). The first-order chi connectivity index (χ1) is 16.2. The molecule has 1 saturated carbocycles. The van der Waals surface area contributed by atoms with Crippen molar-refractivity contribution in [2.45, 2.75) is 76.4 Å². The van der Waals surface area contributed by atoms with E-state index in [2.05, 4.69) is 14.9 Å². The van der Waals surface area contributed by atoms with E-state index in [4.69, 9.17) is 0 Å². The van der Waals surface area contributed by atoms with Crippen molar-refractivity contribution >= 4 is 33.6 Å². The highest BCUT2D eigenvalue weighted by atomic mass is 32.1. The van der Waals surface area contributed by atoms with Gasteiger partial charge >= 0.3 is 0 Å². The number of carbonyl (C=O) groups excluding carboxylic acids is 1. The second kappa shape index (κ2) is 9.50. The smallest absolute Gasteiger partial charge is 0.282 e. The van der Waals surface area contributed by atoms with Crippen molar-refractivity contribution in [1.29, 1.82) is 0 Å². The fraction of sp³-hybridized carbons (Fsp3) is 0.708. The van der Waals surface area contributed by atoms with Crippen molar-refractivity contribution in [1.82, 2.24) is 14.9 Å². The zero-order valence-corrected chi connectivity index (χ0v) is 21.1. The molecular weight excluding hydrogens is 481 g/mol. The number of Topliss-reactive ketones (excluding diaryl/α,β-unsaturated/α-hetero) is 1. The number of aromatic nitrogens is 2. The third-order valence-electron chi connectivity index (χ3n) is 7.34. The summed E-state index contributed by atoms with van der Waals surface area (Å²) in [6.45, 7) is 3.65. The van der Waals surface area contributed by atoms with Crippen LogP contribution in [-0.2, 0) is 24.2 Å². The molecule has 0 bridgehead atoms. The van der Waals surface area contributed by atoms with Gasteiger partial charge < -0.3 is 4.90 Å². The topological polar surface area (TPSA) is 49.3 Å². The number of nitrogens with zero attached hydrogens (tertiary/aromatic N) is 4. The lowest BCUT2D eigenvalue weighted by Crippen LogP contribution is -2.56. The zero-order valence-electron chi connectivity index (χ0n) is 19.5. The highest BCUT2D eigenvalue weighted by Gasteiger charge is 2.45. The maximum Gasteiger partial charge on any atom is 0.282 e. The molecule has 0 spiro atoms. The van der Waals surface area contributed by atoms with Gasteiger partial charge in [0.25, 0.3) is 5.92 Å². The van der Waals surface area contributed by atoms with Crippen molar-refractivity contribution in [3.63, 3.8) is 0 Å². The van der Waals surface area contributed by atoms with Crippen LogP contribution in [0.2, 0.25) is 0 Å². The number of fused-ring (bicyclic) bond motifs is 1. The molecule has 0 amide bonds. The number of ketones is 1. The molecule has 2 fully saturated rings. The Morgan fingerprint density at radius 3 is 2.65 bits per heavy atom. The maximum atomic E-state index is 15.5. The monoisotopic (exact) mass is 512 g/mol. The van der Waals surface area contributed by atoms with Gasteiger partial charge in [-0.15, -0.1) is 22.7 Å². The SMILES string of the molecule is Cc1ncc(CC(=O)CC2CCC(F)(CCN3CCc4sc(N5CC(F)(F)C5)nc4C3)CC2)s1. The highest BCUT2D eigenvalue weighted by Crippen LogP contribution is 2.40. The van der Waals surface area contributed by atoms with E-state index in [1.165, 1.54) is 16.2 Å². The number of rotatable bonds is 8. The number of anilines is 1. The summed E-state index contributed by atoms with van der Waals surface area (Å²) in [6, 6.07) is 0. The van der Waals surface area contributed by atoms with E-state index < -0.39 is 11.6 Å². The van der Waals surface area contributed by atoms with Gasteiger partial charge in [0.2, 0.25) is 0 Å². The third kappa shape index (κ3) is 5.65. The molecule has 3 aliphatic rings. The Morgan fingerprint density at radius 2 is 1.97 bits per heavy atom. The number of hydrogen-bond acceptors (Lipinski definition) is 7. The predicted octanol–water partition coefficient (Wildman–Crippen LogP) is 5.21. The molecular formula is C24H31F3N4OS2. The highest BCUT2D eigenvalue weighted by molar-refractivity contribution is 7.15. The van der Waals surface area contributed by atoms with Crippen LogP contribution in [0, 0.1) is 12.8 Å². The van der Waals surface area contributed by atoms with Gasteiger partial charge in [0.05, 0.1) is 23.8 Å². The minimum atomic E-state index is -2.60. The van der Waals surface area contributed by atoms with E-state index in [0.29, 0.717) is 50.3 Å². The summed E-state index contributed by atoms with van der Waals surface area (Å²) in [5.74, 6) is -2.08. The van der Waals surface area contributed by atoms with Crippen molar-refractivity contribution in [3.05, 3.63) is 26.7 Å². The van der Waals surface area contributed by atoms with E-state index in [-0.39, 0.29) is 24.8 Å². The first-order valence-electron chi connectivity index (χ1n) is 12.1. The Morgan fingerprint density at radius 1 is 1.21 bits per heavy atom. The number of thiazole rings is 2. The third-order valence-corrected chi connectivity index (χ3v) is 9.48. The van der Waals surface area contributed by atoms with Gasteiger partial charge in [-0.2, -0.15) is 0 Å². The van der Waals surface area contributed by atoms with E-state index in [9.17, 15) is 13.6 Å². The predicted molar refractivity (Wildman–Crippen MR) is 129 cm³/mol. The van der Waals surface area contributed by atoms with Crippen LogP contribution in [0.3, 0.4) is 0 Å². The van der Waals surface area contributed by atoms with Crippen LogP contribution in [0.15, 0.2) is 6.20 Å². The second-order valence-electron chi connectivity index (χ2n) is 10.2. The Labute approximate surface area is 206 Å². The maximum absolute atomic E-state index is 15.5. The molecule has 10 heteroatoms. The van der Waals surface area contributed by atoms with Crippen molar-refractivity contribution in [2.24, 2.45) is 5.92 Å². The number of halogens is 3. The molecule has 0 atom stereocenters. The zero-order chi connectivity index (χ0) is 23.9. The van der Waals surface area contributed by atoms with Crippen molar-refractivity contribution < 1.29 is 18.0 Å². The molecule has 0 radical (unpaired) electrons. The van der Waals surface area contributed by atoms with Crippen molar-refractivity contribution in [3.8, 4) is 0 Å². The minimum Gasteiger partial charge on any atom is -0.336 e. The molecule has 2 aliphatic heterocycles. The summed E-state index contributed by atoms with van der Waals surface area (Å²) < 4.78 is 41.9. The molecule has 0 N–H and O–H groups in total. The molecule has 34 heavy (non-hydrogen) atoms. The normalized spacial score (nSPS) is 26.8. The second-order valence-corrected chi connectivity index (χ2v) is 12.6. The molecule has 2 aromatic heterocycles. The largest absolute Gasteiger partial charge is 0.336 e. The quantitative estimate of drug-likeness (QED) is 0.486. The summed E-state index contributed by atoms with van der Waals surface area (Å²) in [4.78, 5) is 27.3. The van der Waals surface area contributed by atoms with Gasteiger partial charge in [-0.1, -0.05) is 0 Å². The first kappa shape index (κ1) is 24.2. The minimum absolute atomic E-state index is 0.230. The number of alkyl halides is 3.